The molecule has 0 aromatic heterocycles. The average Bonchev–Trinajstić information content (AvgIpc) is 2.90. The van der Waals surface area contributed by atoms with Crippen LogP contribution in [0.15, 0.2) is 0 Å². The average molecular weight is 428 g/mol. The zero-order valence-corrected chi connectivity index (χ0v) is 17.5. The van der Waals surface area contributed by atoms with Crippen molar-refractivity contribution < 1.29 is 40.4 Å². The van der Waals surface area contributed by atoms with Crippen molar-refractivity contribution >= 4 is 22.5 Å². The molecule has 2 fully saturated rings. The van der Waals surface area contributed by atoms with Gasteiger partial charge in [0.15, 0.2) is 0 Å². The van der Waals surface area contributed by atoms with Crippen LogP contribution in [0.5, 0.6) is 0 Å². The Balaban J connectivity index is 2.35. The highest BCUT2D eigenvalue weighted by Crippen LogP contribution is 2.38. The number of carbonyl (C=O) groups is 2. The van der Waals surface area contributed by atoms with Crippen LogP contribution in [0, 0.1) is 0 Å². The Bertz CT molecular complexity index is 743. The van der Waals surface area contributed by atoms with E-state index in [9.17, 15) is 26.8 Å². The number of amides is 2. The van der Waals surface area contributed by atoms with Crippen LogP contribution in [0.2, 0.25) is 0 Å². The van der Waals surface area contributed by atoms with E-state index in [0.717, 1.165) is 4.90 Å². The van der Waals surface area contributed by atoms with Crippen LogP contribution in [-0.4, -0.2) is 72.2 Å². The number of hydrogen-bond donors (Lipinski definition) is 0. The first-order valence-electron chi connectivity index (χ1n) is 8.71. The predicted molar refractivity (Wildman–Crippen MR) is 93.0 cm³/mol. The van der Waals surface area contributed by atoms with Gasteiger partial charge in [0.1, 0.15) is 11.2 Å². The van der Waals surface area contributed by atoms with Crippen LogP contribution in [-0.2, 0) is 24.0 Å². The molecular formula is C16H26F2N2O7S. The Morgan fingerprint density at radius 1 is 1.00 bits per heavy atom. The normalized spacial score (nSPS) is 27.0. The fourth-order valence-electron chi connectivity index (χ4n) is 2.96. The summed E-state index contributed by atoms with van der Waals surface area (Å²) in [4.78, 5) is 25.6. The van der Waals surface area contributed by atoms with Crippen molar-refractivity contribution in [3.63, 3.8) is 0 Å². The minimum absolute atomic E-state index is 0.293. The van der Waals surface area contributed by atoms with Gasteiger partial charge >= 0.3 is 22.5 Å². The van der Waals surface area contributed by atoms with Crippen LogP contribution in [0.1, 0.15) is 48.0 Å². The van der Waals surface area contributed by atoms with Gasteiger partial charge in [-0.3, -0.25) is 9.08 Å². The molecule has 9 nitrogen and oxygen atoms in total. The molecule has 12 heteroatoms. The largest absolute Gasteiger partial charge is 0.444 e. The minimum Gasteiger partial charge on any atom is -0.444 e. The molecule has 2 aliphatic rings. The fraction of sp³-hybridized carbons (Fsp3) is 0.875. The summed E-state index contributed by atoms with van der Waals surface area (Å²) in [6.45, 7) is 7.78. The van der Waals surface area contributed by atoms with E-state index in [-0.39, 0.29) is 0 Å². The van der Waals surface area contributed by atoms with Crippen molar-refractivity contribution in [3.8, 4) is 0 Å². The quantitative estimate of drug-likeness (QED) is 0.632. The summed E-state index contributed by atoms with van der Waals surface area (Å²) in [5.74, 6) is -3.27. The highest BCUT2D eigenvalue weighted by molar-refractivity contribution is 7.85. The third-order valence-electron chi connectivity index (χ3n) is 3.89. The molecule has 162 valence electrons. The third-order valence-corrected chi connectivity index (χ3v) is 5.22. The first-order chi connectivity index (χ1) is 12.4. The molecule has 2 aliphatic heterocycles. The van der Waals surface area contributed by atoms with Crippen LogP contribution >= 0.6 is 0 Å². The smallest absolute Gasteiger partial charge is 0.426 e. The molecule has 0 aromatic carbocycles. The first-order valence-corrected chi connectivity index (χ1v) is 10.1. The highest BCUT2D eigenvalue weighted by Gasteiger charge is 2.57. The van der Waals surface area contributed by atoms with Crippen molar-refractivity contribution in [3.05, 3.63) is 0 Å². The molecule has 2 atom stereocenters. The maximum absolute atomic E-state index is 14.1. The van der Waals surface area contributed by atoms with Gasteiger partial charge in [0.05, 0.1) is 25.2 Å². The van der Waals surface area contributed by atoms with Crippen molar-refractivity contribution in [2.24, 2.45) is 0 Å². The van der Waals surface area contributed by atoms with Crippen LogP contribution in [0.4, 0.5) is 18.4 Å². The molecule has 0 N–H and O–H groups in total. The SMILES string of the molecule is CC(C)(C)OC(=O)N1CC(F)(F)C[C@H]1[C@H]1COS(=O)(=O)N1C(=O)OC(C)(C)C. The van der Waals surface area contributed by atoms with Crippen LogP contribution < -0.4 is 0 Å². The molecule has 0 aromatic rings. The molecule has 0 saturated carbocycles. The van der Waals surface area contributed by atoms with Crippen molar-refractivity contribution in [2.45, 2.75) is 77.2 Å². The van der Waals surface area contributed by atoms with Gasteiger partial charge in [-0.15, -0.1) is 0 Å². The van der Waals surface area contributed by atoms with Crippen LogP contribution in [0.25, 0.3) is 0 Å². The maximum Gasteiger partial charge on any atom is 0.426 e. The summed E-state index contributed by atoms with van der Waals surface area (Å²) in [5.41, 5.74) is -1.97. The topological polar surface area (TPSA) is 102 Å². The lowest BCUT2D eigenvalue weighted by Gasteiger charge is -2.33. The zero-order chi connectivity index (χ0) is 21.7. The molecular weight excluding hydrogens is 402 g/mol. The van der Waals surface area contributed by atoms with Gasteiger partial charge in [-0.05, 0) is 41.5 Å². The number of hydrogen-bond acceptors (Lipinski definition) is 7. The van der Waals surface area contributed by atoms with E-state index >= 15 is 0 Å². The third kappa shape index (κ3) is 5.22. The van der Waals surface area contributed by atoms with E-state index in [1.54, 1.807) is 20.8 Å². The molecule has 0 radical (unpaired) electrons. The Kier molecular flexibility index (Phi) is 5.63. The van der Waals surface area contributed by atoms with Gasteiger partial charge in [-0.1, -0.05) is 0 Å². The number of carbonyl (C=O) groups excluding carboxylic acids is 2. The molecule has 2 heterocycles. The second-order valence-electron chi connectivity index (χ2n) is 8.82. The first kappa shape index (κ1) is 22.6. The molecule has 0 spiro atoms. The lowest BCUT2D eigenvalue weighted by atomic mass is 10.1. The molecule has 0 aliphatic carbocycles. The summed E-state index contributed by atoms with van der Waals surface area (Å²) in [6.07, 6.45) is -3.12. The number of halogens is 2. The van der Waals surface area contributed by atoms with Crippen molar-refractivity contribution in [2.75, 3.05) is 13.2 Å². The molecule has 0 unspecified atom stereocenters. The monoisotopic (exact) mass is 428 g/mol. The summed E-state index contributed by atoms with van der Waals surface area (Å²) in [5, 5.41) is 0. The zero-order valence-electron chi connectivity index (χ0n) is 16.7. The Morgan fingerprint density at radius 2 is 1.50 bits per heavy atom. The Hall–Kier alpha value is -1.69. The lowest BCUT2D eigenvalue weighted by Crippen LogP contribution is -2.53. The van der Waals surface area contributed by atoms with E-state index in [2.05, 4.69) is 4.18 Å². The number of alkyl halides is 2. The van der Waals surface area contributed by atoms with E-state index in [4.69, 9.17) is 9.47 Å². The fourth-order valence-corrected chi connectivity index (χ4v) is 4.14. The van der Waals surface area contributed by atoms with E-state index in [0.29, 0.717) is 4.31 Å². The molecule has 2 saturated heterocycles. The molecule has 2 rings (SSSR count). The Morgan fingerprint density at radius 3 is 2.00 bits per heavy atom. The number of ether oxygens (including phenoxy) is 2. The van der Waals surface area contributed by atoms with Gasteiger partial charge in [-0.2, -0.15) is 12.7 Å². The summed E-state index contributed by atoms with van der Waals surface area (Å²) < 4.78 is 67.8. The highest BCUT2D eigenvalue weighted by atomic mass is 32.2. The maximum atomic E-state index is 14.1. The van der Waals surface area contributed by atoms with Gasteiger partial charge < -0.3 is 9.47 Å². The molecule has 28 heavy (non-hydrogen) atoms. The standard InChI is InChI=1S/C16H26F2N2O7S/c1-14(2,3)26-12(21)19-9-16(17,18)7-10(19)11-8-25-28(23,24)20(11)13(22)27-15(4,5)6/h10-11H,7-9H2,1-6H3/t10-,11+/m0/s1. The second-order valence-corrected chi connectivity index (χ2v) is 10.3. The van der Waals surface area contributed by atoms with Crippen molar-refractivity contribution in [1.29, 1.82) is 0 Å². The predicted octanol–water partition coefficient (Wildman–Crippen LogP) is 2.51. The molecule has 0 bridgehead atoms. The molecule has 2 amide bonds. The summed E-state index contributed by atoms with van der Waals surface area (Å²) in [6, 6.07) is -2.68. The van der Waals surface area contributed by atoms with Gasteiger partial charge in [-0.25, -0.2) is 18.4 Å². The van der Waals surface area contributed by atoms with Crippen LogP contribution in [0.3, 0.4) is 0 Å². The van der Waals surface area contributed by atoms with Gasteiger partial charge in [0, 0.05) is 6.42 Å². The summed E-state index contributed by atoms with van der Waals surface area (Å²) >= 11 is 0. The van der Waals surface area contributed by atoms with Gasteiger partial charge in [0.2, 0.25) is 0 Å². The van der Waals surface area contributed by atoms with Gasteiger partial charge in [0.25, 0.3) is 5.92 Å². The Labute approximate surface area is 163 Å². The number of nitrogens with zero attached hydrogens (tertiary/aromatic N) is 2. The van der Waals surface area contributed by atoms with E-state index in [1.807, 2.05) is 0 Å². The minimum atomic E-state index is -4.53. The van der Waals surface area contributed by atoms with E-state index < -0.39 is 71.3 Å². The number of likely N-dealkylation sites (tertiary alicyclic amines) is 1. The second kappa shape index (κ2) is 6.97. The van der Waals surface area contributed by atoms with E-state index in [1.165, 1.54) is 20.8 Å². The summed E-state index contributed by atoms with van der Waals surface area (Å²) in [7, 11) is -4.53. The number of rotatable bonds is 1. The van der Waals surface area contributed by atoms with Crippen molar-refractivity contribution in [1.82, 2.24) is 9.21 Å². The lowest BCUT2D eigenvalue weighted by molar-refractivity contribution is -0.00336.